The maximum Gasteiger partial charge on any atom is 0.123 e. The predicted molar refractivity (Wildman–Crippen MR) is 76.4 cm³/mol. The van der Waals surface area contributed by atoms with E-state index in [2.05, 4.69) is 41.3 Å². The Morgan fingerprint density at radius 2 is 2.26 bits per heavy atom. The zero-order chi connectivity index (χ0) is 13.7. The molecule has 0 bridgehead atoms. The molecule has 1 heterocycles. The number of hydrogen-bond acceptors (Lipinski definition) is 3. The summed E-state index contributed by atoms with van der Waals surface area (Å²) in [6.07, 6.45) is 4.52. The highest BCUT2D eigenvalue weighted by molar-refractivity contribution is 5.38. The third kappa shape index (κ3) is 3.58. The summed E-state index contributed by atoms with van der Waals surface area (Å²) in [7, 11) is 1.71. The molecule has 0 saturated carbocycles. The maximum atomic E-state index is 5.42. The van der Waals surface area contributed by atoms with Crippen LogP contribution in [0.3, 0.4) is 0 Å². The van der Waals surface area contributed by atoms with Gasteiger partial charge in [0, 0.05) is 37.0 Å². The number of aromatic nitrogens is 2. The summed E-state index contributed by atoms with van der Waals surface area (Å²) in [6.45, 7) is 5.13. The third-order valence-corrected chi connectivity index (χ3v) is 3.22. The second kappa shape index (κ2) is 6.38. The molecule has 4 nitrogen and oxygen atoms in total. The van der Waals surface area contributed by atoms with Crippen LogP contribution in [0.4, 0.5) is 0 Å². The first-order valence-corrected chi connectivity index (χ1v) is 6.57. The lowest BCUT2D eigenvalue weighted by Gasteiger charge is -2.17. The monoisotopic (exact) mass is 259 g/mol. The van der Waals surface area contributed by atoms with E-state index in [0.29, 0.717) is 0 Å². The minimum absolute atomic E-state index is 0.254. The summed E-state index contributed by atoms with van der Waals surface area (Å²) in [5, 5.41) is 3.50. The molecule has 4 heteroatoms. The lowest BCUT2D eigenvalue weighted by atomic mass is 10.0. The van der Waals surface area contributed by atoms with Gasteiger partial charge in [0.15, 0.2) is 0 Å². The smallest absolute Gasteiger partial charge is 0.123 e. The van der Waals surface area contributed by atoms with Crippen molar-refractivity contribution in [2.75, 3.05) is 13.7 Å². The fourth-order valence-electron chi connectivity index (χ4n) is 2.14. The molecule has 0 spiro atoms. The van der Waals surface area contributed by atoms with Crippen molar-refractivity contribution in [2.45, 2.75) is 26.3 Å². The number of rotatable bonds is 6. The van der Waals surface area contributed by atoms with Crippen LogP contribution in [0.5, 0.6) is 5.75 Å². The van der Waals surface area contributed by atoms with Crippen LogP contribution in [-0.4, -0.2) is 23.6 Å². The van der Waals surface area contributed by atoms with Crippen molar-refractivity contribution in [3.05, 3.63) is 47.5 Å². The zero-order valence-electron chi connectivity index (χ0n) is 11.7. The second-order valence-electron chi connectivity index (χ2n) is 4.71. The van der Waals surface area contributed by atoms with Crippen molar-refractivity contribution >= 4 is 0 Å². The molecule has 0 aliphatic carbocycles. The number of aryl methyl sites for hydroxylation is 1. The van der Waals surface area contributed by atoms with Crippen LogP contribution in [0.15, 0.2) is 30.6 Å². The Balaban J connectivity index is 1.95. The number of methoxy groups -OCH3 is 1. The van der Waals surface area contributed by atoms with Gasteiger partial charge in [0.05, 0.1) is 7.11 Å². The molecular weight excluding hydrogens is 238 g/mol. The number of imidazole rings is 1. The SMILES string of the molecule is COc1ccc(C)cc1C(C)NCCc1ncc[nH]1. The largest absolute Gasteiger partial charge is 0.496 e. The number of nitrogens with one attached hydrogen (secondary N) is 2. The van der Waals surface area contributed by atoms with Crippen molar-refractivity contribution < 1.29 is 4.74 Å². The fourth-order valence-corrected chi connectivity index (χ4v) is 2.14. The molecule has 0 fully saturated rings. The second-order valence-corrected chi connectivity index (χ2v) is 4.71. The Bertz CT molecular complexity index is 508. The van der Waals surface area contributed by atoms with Gasteiger partial charge in [-0.3, -0.25) is 0 Å². The van der Waals surface area contributed by atoms with Gasteiger partial charge in [-0.2, -0.15) is 0 Å². The van der Waals surface area contributed by atoms with E-state index >= 15 is 0 Å². The molecule has 19 heavy (non-hydrogen) atoms. The van der Waals surface area contributed by atoms with Gasteiger partial charge in [0.1, 0.15) is 11.6 Å². The molecule has 0 amide bonds. The Kier molecular flexibility index (Phi) is 4.58. The summed E-state index contributed by atoms with van der Waals surface area (Å²) in [5.74, 6) is 1.94. The molecule has 1 atom stereocenters. The standard InChI is InChI=1S/C15H21N3O/c1-11-4-5-14(19-3)13(10-11)12(2)16-7-6-15-17-8-9-18-15/h4-5,8-10,12,16H,6-7H2,1-3H3,(H,17,18). The summed E-state index contributed by atoms with van der Waals surface area (Å²) >= 11 is 0. The molecule has 2 aromatic rings. The van der Waals surface area contributed by atoms with E-state index in [-0.39, 0.29) is 6.04 Å². The molecule has 2 N–H and O–H groups in total. The first-order valence-electron chi connectivity index (χ1n) is 6.57. The first-order chi connectivity index (χ1) is 9.20. The number of benzene rings is 1. The molecular formula is C15H21N3O. The van der Waals surface area contributed by atoms with Crippen molar-refractivity contribution in [1.82, 2.24) is 15.3 Å². The van der Waals surface area contributed by atoms with Gasteiger partial charge in [0.2, 0.25) is 0 Å². The van der Waals surface area contributed by atoms with Crippen molar-refractivity contribution in [2.24, 2.45) is 0 Å². The predicted octanol–water partition coefficient (Wildman–Crippen LogP) is 2.62. The minimum atomic E-state index is 0.254. The number of aromatic amines is 1. The number of nitrogens with zero attached hydrogens (tertiary/aromatic N) is 1. The topological polar surface area (TPSA) is 49.9 Å². The summed E-state index contributed by atoms with van der Waals surface area (Å²) in [4.78, 5) is 7.32. The van der Waals surface area contributed by atoms with Crippen molar-refractivity contribution in [1.29, 1.82) is 0 Å². The Hall–Kier alpha value is -1.81. The Morgan fingerprint density at radius 3 is 2.95 bits per heavy atom. The highest BCUT2D eigenvalue weighted by atomic mass is 16.5. The van der Waals surface area contributed by atoms with Gasteiger partial charge >= 0.3 is 0 Å². The van der Waals surface area contributed by atoms with Crippen LogP contribution in [0.25, 0.3) is 0 Å². The van der Waals surface area contributed by atoms with Gasteiger partial charge in [-0.25, -0.2) is 4.98 Å². The molecule has 1 unspecified atom stereocenters. The molecule has 1 aromatic heterocycles. The average Bonchev–Trinajstić information content (AvgIpc) is 2.91. The zero-order valence-corrected chi connectivity index (χ0v) is 11.7. The summed E-state index contributed by atoms with van der Waals surface area (Å²) in [5.41, 5.74) is 2.44. The summed E-state index contributed by atoms with van der Waals surface area (Å²) < 4.78 is 5.42. The molecule has 2 rings (SSSR count). The quantitative estimate of drug-likeness (QED) is 0.838. The molecule has 0 aliphatic rings. The van der Waals surface area contributed by atoms with Gasteiger partial charge in [-0.1, -0.05) is 17.7 Å². The van der Waals surface area contributed by atoms with Crippen molar-refractivity contribution in [3.8, 4) is 5.75 Å². The van der Waals surface area contributed by atoms with E-state index in [0.717, 1.165) is 24.5 Å². The van der Waals surface area contributed by atoms with Crippen LogP contribution >= 0.6 is 0 Å². The van der Waals surface area contributed by atoms with E-state index in [1.54, 1.807) is 13.3 Å². The third-order valence-electron chi connectivity index (χ3n) is 3.22. The molecule has 0 aliphatic heterocycles. The molecule has 0 saturated heterocycles. The van der Waals surface area contributed by atoms with Gasteiger partial charge < -0.3 is 15.0 Å². The Morgan fingerprint density at radius 1 is 1.42 bits per heavy atom. The number of ether oxygens (including phenoxy) is 1. The highest BCUT2D eigenvalue weighted by Gasteiger charge is 2.11. The van der Waals surface area contributed by atoms with Crippen molar-refractivity contribution in [3.63, 3.8) is 0 Å². The van der Waals surface area contributed by atoms with E-state index in [1.807, 2.05) is 12.3 Å². The molecule has 1 aromatic carbocycles. The minimum Gasteiger partial charge on any atom is -0.496 e. The van der Waals surface area contributed by atoms with Gasteiger partial charge in [-0.15, -0.1) is 0 Å². The normalized spacial score (nSPS) is 12.4. The average molecular weight is 259 g/mol. The highest BCUT2D eigenvalue weighted by Crippen LogP contribution is 2.25. The lowest BCUT2D eigenvalue weighted by Crippen LogP contribution is -2.22. The van der Waals surface area contributed by atoms with Crippen LogP contribution in [-0.2, 0) is 6.42 Å². The van der Waals surface area contributed by atoms with E-state index in [9.17, 15) is 0 Å². The van der Waals surface area contributed by atoms with Crippen LogP contribution in [0, 0.1) is 6.92 Å². The maximum absolute atomic E-state index is 5.42. The van der Waals surface area contributed by atoms with E-state index < -0.39 is 0 Å². The van der Waals surface area contributed by atoms with E-state index in [1.165, 1.54) is 11.1 Å². The number of H-pyrrole nitrogens is 1. The summed E-state index contributed by atoms with van der Waals surface area (Å²) in [6, 6.07) is 6.52. The van der Waals surface area contributed by atoms with Crippen LogP contribution in [0.2, 0.25) is 0 Å². The van der Waals surface area contributed by atoms with Crippen LogP contribution < -0.4 is 10.1 Å². The van der Waals surface area contributed by atoms with Gasteiger partial charge in [-0.05, 0) is 19.9 Å². The molecule has 0 radical (unpaired) electrons. The molecule has 102 valence electrons. The van der Waals surface area contributed by atoms with E-state index in [4.69, 9.17) is 4.74 Å². The van der Waals surface area contributed by atoms with Crippen LogP contribution in [0.1, 0.15) is 29.9 Å². The lowest BCUT2D eigenvalue weighted by molar-refractivity contribution is 0.401. The Labute approximate surface area is 114 Å². The van der Waals surface area contributed by atoms with Gasteiger partial charge in [0.25, 0.3) is 0 Å². The number of hydrogen-bond donors (Lipinski definition) is 2. The fraction of sp³-hybridized carbons (Fsp3) is 0.400. The first kappa shape index (κ1) is 13.6.